The molecule has 0 unspecified atom stereocenters. The fraction of sp³-hybridized carbons (Fsp3) is 0.320. The molecule has 2 aromatic carbocycles. The Morgan fingerprint density at radius 3 is 2.68 bits per heavy atom. The van der Waals surface area contributed by atoms with Crippen molar-refractivity contribution in [2.75, 3.05) is 20.2 Å². The van der Waals surface area contributed by atoms with E-state index in [1.807, 2.05) is 31.2 Å². The van der Waals surface area contributed by atoms with Crippen molar-refractivity contribution in [3.63, 3.8) is 0 Å². The zero-order chi connectivity index (χ0) is 26.2. The maximum absolute atomic E-state index is 13.5. The number of H-pyrrole nitrogens is 1. The molecule has 12 heteroatoms. The Bertz CT molecular complexity index is 1630. The van der Waals surface area contributed by atoms with Gasteiger partial charge in [-0.2, -0.15) is 4.31 Å². The van der Waals surface area contributed by atoms with Crippen LogP contribution < -0.4 is 5.56 Å². The van der Waals surface area contributed by atoms with E-state index in [0.717, 1.165) is 11.1 Å². The van der Waals surface area contributed by atoms with Gasteiger partial charge in [0.25, 0.3) is 5.56 Å². The Morgan fingerprint density at radius 2 is 1.92 bits per heavy atom. The van der Waals surface area contributed by atoms with Crippen molar-refractivity contribution in [1.82, 2.24) is 29.3 Å². The summed E-state index contributed by atoms with van der Waals surface area (Å²) in [5.41, 5.74) is 2.14. The van der Waals surface area contributed by atoms with E-state index >= 15 is 0 Å². The van der Waals surface area contributed by atoms with E-state index in [-0.39, 0.29) is 35.0 Å². The van der Waals surface area contributed by atoms with Crippen molar-refractivity contribution < 1.29 is 17.9 Å². The molecule has 0 saturated carbocycles. The number of carbonyl (C=O) groups excluding carboxylic acids is 1. The van der Waals surface area contributed by atoms with Crippen LogP contribution >= 0.6 is 0 Å². The zero-order valence-electron chi connectivity index (χ0n) is 20.4. The molecular weight excluding hydrogens is 496 g/mol. The molecule has 2 aromatic heterocycles. The first kappa shape index (κ1) is 24.8. The lowest BCUT2D eigenvalue weighted by atomic mass is 9.99. The summed E-state index contributed by atoms with van der Waals surface area (Å²) in [6, 6.07) is 13.9. The summed E-state index contributed by atoms with van der Waals surface area (Å²) < 4.78 is 34.7. The van der Waals surface area contributed by atoms with Gasteiger partial charge < -0.3 is 9.72 Å². The maximum atomic E-state index is 13.5. The monoisotopic (exact) mass is 522 g/mol. The quantitative estimate of drug-likeness (QED) is 0.380. The molecule has 37 heavy (non-hydrogen) atoms. The minimum Gasteiger partial charge on any atom is -0.465 e. The van der Waals surface area contributed by atoms with Crippen molar-refractivity contribution in [3.05, 3.63) is 81.4 Å². The number of ether oxygens (including phenoxy) is 1. The number of aromatic amines is 1. The normalized spacial score (nSPS) is 16.6. The summed E-state index contributed by atoms with van der Waals surface area (Å²) >= 11 is 0. The van der Waals surface area contributed by atoms with Crippen LogP contribution in [0, 0.1) is 6.92 Å². The lowest BCUT2D eigenvalue weighted by Gasteiger charge is -2.31. The molecule has 0 aliphatic carbocycles. The van der Waals surface area contributed by atoms with Gasteiger partial charge in [0.05, 0.1) is 24.1 Å². The van der Waals surface area contributed by atoms with Gasteiger partial charge in [0.1, 0.15) is 5.82 Å². The first-order valence-electron chi connectivity index (χ1n) is 11.8. The minimum absolute atomic E-state index is 0.0221. The Balaban J connectivity index is 1.46. The molecule has 3 heterocycles. The summed E-state index contributed by atoms with van der Waals surface area (Å²) in [7, 11) is -2.79. The van der Waals surface area contributed by atoms with Gasteiger partial charge in [-0.05, 0) is 37.5 Å². The average molecular weight is 523 g/mol. The molecule has 11 nitrogen and oxygen atoms in total. The van der Waals surface area contributed by atoms with Crippen LogP contribution in [0.2, 0.25) is 0 Å². The number of aryl methyl sites for hydroxylation is 1. The highest BCUT2D eigenvalue weighted by atomic mass is 32.2. The van der Waals surface area contributed by atoms with Crippen LogP contribution in [0.5, 0.6) is 0 Å². The smallest absolute Gasteiger partial charge is 0.339 e. The highest BCUT2D eigenvalue weighted by molar-refractivity contribution is 7.89. The van der Waals surface area contributed by atoms with Crippen molar-refractivity contribution in [2.24, 2.45) is 0 Å². The van der Waals surface area contributed by atoms with Crippen LogP contribution in [0.4, 0.5) is 0 Å². The highest BCUT2D eigenvalue weighted by Crippen LogP contribution is 2.30. The van der Waals surface area contributed by atoms with Gasteiger partial charge in [-0.3, -0.25) is 4.79 Å². The molecule has 0 amide bonds. The summed E-state index contributed by atoms with van der Waals surface area (Å²) in [5.74, 6) is -0.696. The predicted molar refractivity (Wildman–Crippen MR) is 135 cm³/mol. The number of methoxy groups -OCH3 is 1. The molecule has 1 fully saturated rings. The summed E-state index contributed by atoms with van der Waals surface area (Å²) in [6.07, 6.45) is 1.20. The van der Waals surface area contributed by atoms with Gasteiger partial charge >= 0.3 is 5.97 Å². The van der Waals surface area contributed by atoms with Crippen LogP contribution in [0.3, 0.4) is 0 Å². The fourth-order valence-corrected chi connectivity index (χ4v) is 6.25. The van der Waals surface area contributed by atoms with E-state index in [0.29, 0.717) is 30.9 Å². The van der Waals surface area contributed by atoms with E-state index < -0.39 is 21.6 Å². The lowest BCUT2D eigenvalue weighted by molar-refractivity contribution is 0.0596. The molecule has 1 aliphatic rings. The van der Waals surface area contributed by atoms with E-state index in [1.165, 1.54) is 23.5 Å². The molecule has 1 aliphatic heterocycles. The maximum Gasteiger partial charge on any atom is 0.339 e. The second-order valence-corrected chi connectivity index (χ2v) is 11.0. The Hall–Kier alpha value is -3.90. The Morgan fingerprint density at radius 1 is 1.16 bits per heavy atom. The predicted octanol–water partition coefficient (Wildman–Crippen LogP) is 2.23. The number of nitrogens with one attached hydrogen (secondary N) is 1. The number of sulfonamides is 1. The zero-order valence-corrected chi connectivity index (χ0v) is 21.2. The molecule has 1 atom stereocenters. The van der Waals surface area contributed by atoms with Gasteiger partial charge in [0.15, 0.2) is 11.2 Å². The van der Waals surface area contributed by atoms with Crippen LogP contribution in [-0.4, -0.2) is 63.9 Å². The summed E-state index contributed by atoms with van der Waals surface area (Å²) in [4.78, 5) is 32.3. The van der Waals surface area contributed by atoms with Crippen molar-refractivity contribution in [3.8, 4) is 0 Å². The molecule has 1 N–H and O–H groups in total. The van der Waals surface area contributed by atoms with E-state index in [1.54, 1.807) is 16.8 Å². The number of esters is 1. The second-order valence-electron chi connectivity index (χ2n) is 9.05. The number of benzene rings is 2. The molecule has 4 aromatic rings. The first-order chi connectivity index (χ1) is 17.8. The number of piperidine rings is 1. The third kappa shape index (κ3) is 4.77. The van der Waals surface area contributed by atoms with Crippen LogP contribution in [-0.2, 0) is 21.3 Å². The van der Waals surface area contributed by atoms with Crippen LogP contribution in [0.25, 0.3) is 11.2 Å². The van der Waals surface area contributed by atoms with Crippen molar-refractivity contribution in [2.45, 2.75) is 37.1 Å². The number of nitrogens with zero attached hydrogens (tertiary/aromatic N) is 5. The standard InChI is InChI=1S/C25H26N6O5S/c1-16-9-11-17(12-10-16)14-31-23-21(28-29-31)24(32)27-22(26-23)18-6-5-13-30(15-18)37(34,35)20-8-4-3-7-19(20)25(33)36-2/h3-4,7-12,18H,5-6,13-15H2,1-2H3,(H,26,27,32)/t18-/m1/s1. The number of hydrogen-bond acceptors (Lipinski definition) is 8. The van der Waals surface area contributed by atoms with Gasteiger partial charge in [-0.1, -0.05) is 47.2 Å². The van der Waals surface area contributed by atoms with Gasteiger partial charge in [-0.15, -0.1) is 5.10 Å². The number of rotatable bonds is 6. The van der Waals surface area contributed by atoms with Crippen LogP contribution in [0.15, 0.2) is 58.2 Å². The van der Waals surface area contributed by atoms with E-state index in [9.17, 15) is 18.0 Å². The number of carbonyl (C=O) groups is 1. The molecule has 1 saturated heterocycles. The van der Waals surface area contributed by atoms with Crippen molar-refractivity contribution in [1.29, 1.82) is 0 Å². The van der Waals surface area contributed by atoms with Crippen molar-refractivity contribution >= 4 is 27.2 Å². The third-order valence-electron chi connectivity index (χ3n) is 6.53. The topological polar surface area (TPSA) is 140 Å². The molecule has 5 rings (SSSR count). The minimum atomic E-state index is -4.00. The van der Waals surface area contributed by atoms with Gasteiger partial charge in [0, 0.05) is 19.0 Å². The average Bonchev–Trinajstić information content (AvgIpc) is 3.32. The van der Waals surface area contributed by atoms with E-state index in [2.05, 4.69) is 20.3 Å². The first-order valence-corrected chi connectivity index (χ1v) is 13.3. The Kier molecular flexibility index (Phi) is 6.61. The molecule has 0 bridgehead atoms. The number of fused-ring (bicyclic) bond motifs is 1. The van der Waals surface area contributed by atoms with Gasteiger partial charge in [-0.25, -0.2) is 22.9 Å². The molecule has 0 spiro atoms. The molecular formula is C25H26N6O5S. The Labute approximate surface area is 213 Å². The number of hydrogen-bond donors (Lipinski definition) is 1. The second kappa shape index (κ2) is 9.87. The van der Waals surface area contributed by atoms with E-state index in [4.69, 9.17) is 4.74 Å². The highest BCUT2D eigenvalue weighted by Gasteiger charge is 2.34. The molecule has 192 valence electrons. The van der Waals surface area contributed by atoms with Crippen LogP contribution in [0.1, 0.15) is 46.1 Å². The third-order valence-corrected chi connectivity index (χ3v) is 8.45. The summed E-state index contributed by atoms with van der Waals surface area (Å²) in [5, 5.41) is 8.13. The fourth-order valence-electron chi connectivity index (χ4n) is 4.54. The largest absolute Gasteiger partial charge is 0.465 e. The SMILES string of the molecule is COC(=O)c1ccccc1S(=O)(=O)N1CCC[C@@H](c2nc3c(nnn3Cc3ccc(C)cc3)c(=O)[nH]2)C1. The number of aromatic nitrogens is 5. The molecule has 0 radical (unpaired) electrons. The lowest BCUT2D eigenvalue weighted by Crippen LogP contribution is -2.40. The summed E-state index contributed by atoms with van der Waals surface area (Å²) in [6.45, 7) is 2.78. The van der Waals surface area contributed by atoms with Gasteiger partial charge in [0.2, 0.25) is 10.0 Å².